The molecule has 1 N–H and O–H groups in total. The van der Waals surface area contributed by atoms with E-state index in [0.717, 1.165) is 31.7 Å². The molecule has 1 fully saturated rings. The molecule has 5 nitrogen and oxygen atoms in total. The highest BCUT2D eigenvalue weighted by Gasteiger charge is 2.36. The summed E-state index contributed by atoms with van der Waals surface area (Å²) in [5.41, 5.74) is -0.856. The number of carbonyl (C=O) groups is 1. The number of alkyl halides is 3. The second kappa shape index (κ2) is 7.22. The number of fused-ring (bicyclic) bond motifs is 1. The van der Waals surface area contributed by atoms with Gasteiger partial charge in [-0.2, -0.15) is 13.2 Å². The van der Waals surface area contributed by atoms with Gasteiger partial charge in [-0.15, -0.1) is 6.58 Å². The Morgan fingerprint density at radius 1 is 1.39 bits per heavy atom. The van der Waals surface area contributed by atoms with Crippen LogP contribution < -0.4 is 5.32 Å². The Kier molecular flexibility index (Phi) is 5.25. The van der Waals surface area contributed by atoms with Crippen LogP contribution in [0.4, 0.5) is 19.1 Å². The summed E-state index contributed by atoms with van der Waals surface area (Å²) < 4.78 is 41.0. The number of amides is 1. The Morgan fingerprint density at radius 3 is 2.57 bits per heavy atom. The summed E-state index contributed by atoms with van der Waals surface area (Å²) in [6.45, 7) is 9.59. The van der Waals surface area contributed by atoms with Gasteiger partial charge < -0.3 is 0 Å². The van der Waals surface area contributed by atoms with E-state index < -0.39 is 11.9 Å². The molecule has 2 aromatic heterocycles. The van der Waals surface area contributed by atoms with Crippen molar-refractivity contribution in [3.05, 3.63) is 30.5 Å². The molecule has 0 saturated heterocycles. The van der Waals surface area contributed by atoms with Crippen molar-refractivity contribution < 1.29 is 18.0 Å². The molecule has 0 spiro atoms. The molecule has 1 saturated carbocycles. The maximum absolute atomic E-state index is 13.1. The van der Waals surface area contributed by atoms with Gasteiger partial charge in [0.25, 0.3) is 0 Å². The normalized spacial score (nSPS) is 18.4. The van der Waals surface area contributed by atoms with Crippen molar-refractivity contribution in [3.8, 4) is 0 Å². The third-order valence-electron chi connectivity index (χ3n) is 6.11. The first-order valence-electron chi connectivity index (χ1n) is 9.51. The number of nitrogens with one attached hydrogen (secondary N) is 1. The predicted octanol–water partition coefficient (Wildman–Crippen LogP) is 5.35. The van der Waals surface area contributed by atoms with Crippen LogP contribution in [0.2, 0.25) is 0 Å². The molecule has 2 atom stereocenters. The molecule has 0 radical (unpaired) electrons. The van der Waals surface area contributed by atoms with E-state index in [9.17, 15) is 18.0 Å². The van der Waals surface area contributed by atoms with Crippen molar-refractivity contribution in [3.63, 3.8) is 0 Å². The van der Waals surface area contributed by atoms with Crippen LogP contribution in [0.3, 0.4) is 0 Å². The van der Waals surface area contributed by atoms with Gasteiger partial charge in [-0.3, -0.25) is 14.7 Å². The summed E-state index contributed by atoms with van der Waals surface area (Å²) in [6, 6.07) is 2.21. The minimum absolute atomic E-state index is 0.0106. The van der Waals surface area contributed by atoms with Crippen LogP contribution in [0.15, 0.2) is 24.8 Å². The maximum Gasteiger partial charge on any atom is 0.433 e. The lowest BCUT2D eigenvalue weighted by Crippen LogP contribution is -2.34. The van der Waals surface area contributed by atoms with Gasteiger partial charge in [0.1, 0.15) is 11.2 Å². The summed E-state index contributed by atoms with van der Waals surface area (Å²) in [6.07, 6.45) is 0.595. The Labute approximate surface area is 162 Å². The SMILES string of the molecule is C=C[C@@](C)(CC)[C@H](C)C(=O)Nc1nc2ccc(C(F)(F)F)nc2n1C1CCC1. The van der Waals surface area contributed by atoms with Crippen LogP contribution in [0.5, 0.6) is 0 Å². The summed E-state index contributed by atoms with van der Waals surface area (Å²) in [4.78, 5) is 21.0. The molecule has 0 aliphatic heterocycles. The van der Waals surface area contributed by atoms with E-state index in [2.05, 4.69) is 21.9 Å². The van der Waals surface area contributed by atoms with Gasteiger partial charge in [-0.25, -0.2) is 9.97 Å². The average Bonchev–Trinajstić information content (AvgIpc) is 2.95. The fourth-order valence-electron chi connectivity index (χ4n) is 3.36. The molecule has 3 rings (SSSR count). The van der Waals surface area contributed by atoms with E-state index >= 15 is 0 Å². The molecule has 2 aromatic rings. The number of hydrogen-bond donors (Lipinski definition) is 1. The van der Waals surface area contributed by atoms with Gasteiger partial charge in [0.15, 0.2) is 5.65 Å². The van der Waals surface area contributed by atoms with Crippen molar-refractivity contribution >= 4 is 23.0 Å². The molecule has 0 bridgehead atoms. The Balaban J connectivity index is 2.01. The summed E-state index contributed by atoms with van der Waals surface area (Å²) in [5.74, 6) is -0.356. The van der Waals surface area contributed by atoms with E-state index in [1.807, 2.05) is 20.8 Å². The van der Waals surface area contributed by atoms with Crippen molar-refractivity contribution in [1.29, 1.82) is 0 Å². The van der Waals surface area contributed by atoms with Crippen molar-refractivity contribution in [2.45, 2.75) is 58.7 Å². The van der Waals surface area contributed by atoms with E-state index in [4.69, 9.17) is 0 Å². The molecule has 1 aliphatic rings. The monoisotopic (exact) mass is 394 g/mol. The van der Waals surface area contributed by atoms with Gasteiger partial charge in [-0.05, 0) is 43.2 Å². The number of imidazole rings is 1. The largest absolute Gasteiger partial charge is 0.433 e. The number of halogens is 3. The maximum atomic E-state index is 13.1. The number of pyridine rings is 1. The molecule has 0 aromatic carbocycles. The standard InChI is InChI=1S/C20H25F3N4O/c1-5-19(4,6-2)12(3)17(28)26-18-24-14-10-11-15(20(21,22)23)25-16(14)27(18)13-8-7-9-13/h5,10-13H,1,6-9H2,2-4H3,(H,24,26,28)/t12-,19+/m1/s1. The van der Waals surface area contributed by atoms with Crippen LogP contribution in [-0.4, -0.2) is 20.4 Å². The molecule has 8 heteroatoms. The molecule has 2 heterocycles. The lowest BCUT2D eigenvalue weighted by molar-refractivity contribution is -0.141. The lowest BCUT2D eigenvalue weighted by Gasteiger charge is -2.31. The molecule has 152 valence electrons. The zero-order valence-electron chi connectivity index (χ0n) is 16.3. The van der Waals surface area contributed by atoms with Gasteiger partial charge in [0, 0.05) is 12.0 Å². The molecule has 1 aliphatic carbocycles. The highest BCUT2D eigenvalue weighted by molar-refractivity contribution is 5.93. The number of allylic oxidation sites excluding steroid dienone is 1. The van der Waals surface area contributed by atoms with E-state index in [1.165, 1.54) is 6.07 Å². The second-order valence-corrected chi connectivity index (χ2v) is 7.70. The molecule has 0 unspecified atom stereocenters. The first kappa shape index (κ1) is 20.4. The van der Waals surface area contributed by atoms with Crippen molar-refractivity contribution in [2.24, 2.45) is 11.3 Å². The van der Waals surface area contributed by atoms with E-state index in [1.54, 1.807) is 10.6 Å². The van der Waals surface area contributed by atoms with Gasteiger partial charge in [0.05, 0.1) is 0 Å². The van der Waals surface area contributed by atoms with Gasteiger partial charge in [0.2, 0.25) is 11.9 Å². The number of rotatable bonds is 6. The molecule has 1 amide bonds. The van der Waals surface area contributed by atoms with Crippen LogP contribution >= 0.6 is 0 Å². The summed E-state index contributed by atoms with van der Waals surface area (Å²) >= 11 is 0. The Bertz CT molecular complexity index is 901. The van der Waals surface area contributed by atoms with Crippen LogP contribution in [-0.2, 0) is 11.0 Å². The first-order valence-corrected chi connectivity index (χ1v) is 9.51. The first-order chi connectivity index (χ1) is 13.1. The van der Waals surface area contributed by atoms with E-state index in [0.29, 0.717) is 5.52 Å². The highest BCUT2D eigenvalue weighted by atomic mass is 19.4. The predicted molar refractivity (Wildman–Crippen MR) is 102 cm³/mol. The van der Waals surface area contributed by atoms with Crippen LogP contribution in [0.25, 0.3) is 11.2 Å². The second-order valence-electron chi connectivity index (χ2n) is 7.70. The fourth-order valence-corrected chi connectivity index (χ4v) is 3.36. The van der Waals surface area contributed by atoms with E-state index in [-0.39, 0.29) is 34.9 Å². The zero-order chi connectivity index (χ0) is 20.7. The number of anilines is 1. The van der Waals surface area contributed by atoms with Crippen LogP contribution in [0.1, 0.15) is 58.2 Å². The number of aromatic nitrogens is 3. The number of hydrogen-bond acceptors (Lipinski definition) is 3. The quantitative estimate of drug-likeness (QED) is 0.672. The number of carbonyl (C=O) groups excluding carboxylic acids is 1. The molecule has 28 heavy (non-hydrogen) atoms. The molecular weight excluding hydrogens is 369 g/mol. The van der Waals surface area contributed by atoms with Gasteiger partial charge >= 0.3 is 6.18 Å². The highest BCUT2D eigenvalue weighted by Crippen LogP contribution is 2.39. The summed E-state index contributed by atoms with van der Waals surface area (Å²) in [7, 11) is 0. The zero-order valence-corrected chi connectivity index (χ0v) is 16.3. The third-order valence-corrected chi connectivity index (χ3v) is 6.11. The minimum atomic E-state index is -4.53. The van der Waals surface area contributed by atoms with Gasteiger partial charge in [-0.1, -0.05) is 26.8 Å². The fraction of sp³-hybridized carbons (Fsp3) is 0.550. The lowest BCUT2D eigenvalue weighted by atomic mass is 9.75. The van der Waals surface area contributed by atoms with Crippen molar-refractivity contribution in [2.75, 3.05) is 5.32 Å². The Morgan fingerprint density at radius 2 is 2.07 bits per heavy atom. The topological polar surface area (TPSA) is 59.8 Å². The summed E-state index contributed by atoms with van der Waals surface area (Å²) in [5, 5.41) is 2.83. The number of nitrogens with zero attached hydrogens (tertiary/aromatic N) is 3. The Hall–Kier alpha value is -2.38. The smallest absolute Gasteiger partial charge is 0.296 e. The minimum Gasteiger partial charge on any atom is -0.296 e. The average molecular weight is 394 g/mol. The van der Waals surface area contributed by atoms with Crippen LogP contribution in [0, 0.1) is 11.3 Å². The third kappa shape index (κ3) is 3.52. The van der Waals surface area contributed by atoms with Crippen molar-refractivity contribution in [1.82, 2.24) is 14.5 Å². The molecular formula is C20H25F3N4O.